The van der Waals surface area contributed by atoms with E-state index in [-0.39, 0.29) is 23.8 Å². The Labute approximate surface area is 179 Å². The summed E-state index contributed by atoms with van der Waals surface area (Å²) in [6, 6.07) is 10.2. The van der Waals surface area contributed by atoms with Crippen LogP contribution in [0.15, 0.2) is 59.7 Å². The first-order chi connectivity index (χ1) is 14.9. The third-order valence-corrected chi connectivity index (χ3v) is 4.50. The number of ether oxygens (including phenoxy) is 2. The number of methoxy groups -OCH3 is 1. The zero-order valence-electron chi connectivity index (χ0n) is 16.1. The van der Waals surface area contributed by atoms with Crippen LogP contribution < -0.4 is 20.5 Å². The van der Waals surface area contributed by atoms with E-state index in [4.69, 9.17) is 21.1 Å². The summed E-state index contributed by atoms with van der Waals surface area (Å²) in [6.45, 7) is -0.358. The van der Waals surface area contributed by atoms with Gasteiger partial charge in [0.05, 0.1) is 12.1 Å². The second-order valence-corrected chi connectivity index (χ2v) is 6.73. The highest BCUT2D eigenvalue weighted by Crippen LogP contribution is 2.27. The Kier molecular flexibility index (Phi) is 5.54. The molecule has 9 nitrogen and oxygen atoms in total. The molecule has 4 rings (SSSR count). The third kappa shape index (κ3) is 4.33. The van der Waals surface area contributed by atoms with Crippen LogP contribution in [0.5, 0.6) is 17.4 Å². The molecule has 2 heterocycles. The number of rotatable bonds is 6. The summed E-state index contributed by atoms with van der Waals surface area (Å²) < 4.78 is 26.2. The predicted octanol–water partition coefficient (Wildman–Crippen LogP) is 3.12. The number of nitrogens with one attached hydrogen (secondary N) is 1. The molecule has 2 aromatic heterocycles. The van der Waals surface area contributed by atoms with Crippen molar-refractivity contribution in [3.8, 4) is 17.4 Å². The van der Waals surface area contributed by atoms with Crippen molar-refractivity contribution in [3.63, 3.8) is 0 Å². The Hall–Kier alpha value is -3.92. The number of benzene rings is 2. The van der Waals surface area contributed by atoms with Crippen LogP contribution >= 0.6 is 11.6 Å². The first-order valence-electron chi connectivity index (χ1n) is 8.95. The molecule has 1 N–H and O–H groups in total. The topological polar surface area (TPSA) is 99.8 Å². The van der Waals surface area contributed by atoms with E-state index in [0.717, 1.165) is 4.68 Å². The average Bonchev–Trinajstić information content (AvgIpc) is 3.05. The Balaban J connectivity index is 1.57. The molecule has 1 amide bonds. The Morgan fingerprint density at radius 1 is 1.26 bits per heavy atom. The van der Waals surface area contributed by atoms with Gasteiger partial charge in [0, 0.05) is 24.1 Å². The van der Waals surface area contributed by atoms with Crippen LogP contribution in [-0.4, -0.2) is 32.2 Å². The van der Waals surface area contributed by atoms with Crippen LogP contribution in [0.3, 0.4) is 0 Å². The van der Waals surface area contributed by atoms with E-state index >= 15 is 0 Å². The zero-order chi connectivity index (χ0) is 22.0. The van der Waals surface area contributed by atoms with Gasteiger partial charge in [-0.3, -0.25) is 4.79 Å². The van der Waals surface area contributed by atoms with E-state index in [1.165, 1.54) is 54.2 Å². The van der Waals surface area contributed by atoms with Crippen LogP contribution in [0.4, 0.5) is 10.1 Å². The highest BCUT2D eigenvalue weighted by molar-refractivity contribution is 6.32. The minimum Gasteiger partial charge on any atom is -0.495 e. The molecular weight excluding hydrogens is 429 g/mol. The number of hydrogen-bond acceptors (Lipinski definition) is 6. The molecule has 4 aromatic rings. The van der Waals surface area contributed by atoms with Crippen LogP contribution in [0, 0.1) is 5.82 Å². The van der Waals surface area contributed by atoms with Gasteiger partial charge in [-0.25, -0.2) is 23.3 Å². The van der Waals surface area contributed by atoms with Crippen molar-refractivity contribution in [1.82, 2.24) is 19.2 Å². The van der Waals surface area contributed by atoms with E-state index in [1.54, 1.807) is 12.1 Å². The van der Waals surface area contributed by atoms with Crippen molar-refractivity contribution in [2.45, 2.75) is 6.54 Å². The molecule has 0 unspecified atom stereocenters. The summed E-state index contributed by atoms with van der Waals surface area (Å²) in [4.78, 5) is 29.1. The summed E-state index contributed by atoms with van der Waals surface area (Å²) in [5.41, 5.74) is -0.0501. The van der Waals surface area contributed by atoms with E-state index in [0.29, 0.717) is 16.5 Å². The summed E-state index contributed by atoms with van der Waals surface area (Å²) >= 11 is 6.05. The molecule has 0 aliphatic carbocycles. The smallest absolute Gasteiger partial charge is 0.351 e. The monoisotopic (exact) mass is 443 g/mol. The number of nitrogens with zero attached hydrogens (tertiary/aromatic N) is 4. The molecule has 0 saturated carbocycles. The van der Waals surface area contributed by atoms with Gasteiger partial charge in [-0.05, 0) is 30.3 Å². The van der Waals surface area contributed by atoms with Crippen molar-refractivity contribution in [3.05, 3.63) is 76.2 Å². The lowest BCUT2D eigenvalue weighted by molar-refractivity contribution is -0.117. The number of carbonyl (C=O) groups excluding carboxylic acids is 1. The molecule has 0 atom stereocenters. The lowest BCUT2D eigenvalue weighted by Crippen LogP contribution is -2.28. The van der Waals surface area contributed by atoms with Crippen molar-refractivity contribution < 1.29 is 18.7 Å². The summed E-state index contributed by atoms with van der Waals surface area (Å²) in [6.07, 6.45) is 2.73. The van der Waals surface area contributed by atoms with Gasteiger partial charge in [0.15, 0.2) is 0 Å². The average molecular weight is 444 g/mol. The Morgan fingerprint density at radius 3 is 2.84 bits per heavy atom. The molecule has 11 heteroatoms. The molecule has 2 aromatic carbocycles. The van der Waals surface area contributed by atoms with Gasteiger partial charge in [0.25, 0.3) is 5.88 Å². The fraction of sp³-hybridized carbons (Fsp3) is 0.100. The molecule has 158 valence electrons. The number of amides is 1. The minimum absolute atomic E-state index is 0.00806. The molecule has 0 spiro atoms. The van der Waals surface area contributed by atoms with Crippen molar-refractivity contribution in [1.29, 1.82) is 0 Å². The first-order valence-corrected chi connectivity index (χ1v) is 9.33. The van der Waals surface area contributed by atoms with Gasteiger partial charge < -0.3 is 14.8 Å². The quantitative estimate of drug-likeness (QED) is 0.491. The van der Waals surface area contributed by atoms with Crippen molar-refractivity contribution >= 4 is 28.8 Å². The van der Waals surface area contributed by atoms with Crippen molar-refractivity contribution in [2.24, 2.45) is 0 Å². The second-order valence-electron chi connectivity index (χ2n) is 6.32. The van der Waals surface area contributed by atoms with Crippen LogP contribution in [0.2, 0.25) is 5.02 Å². The lowest BCUT2D eigenvalue weighted by Gasteiger charge is -2.07. The van der Waals surface area contributed by atoms with Crippen LogP contribution in [0.25, 0.3) is 5.65 Å². The zero-order valence-corrected chi connectivity index (χ0v) is 16.8. The van der Waals surface area contributed by atoms with Crippen LogP contribution in [0.1, 0.15) is 0 Å². The highest BCUT2D eigenvalue weighted by Gasteiger charge is 2.16. The van der Waals surface area contributed by atoms with E-state index in [1.807, 2.05) is 0 Å². The maximum absolute atomic E-state index is 13.4. The summed E-state index contributed by atoms with van der Waals surface area (Å²) in [7, 11) is 1.48. The number of fused-ring (bicyclic) bond motifs is 1. The Bertz CT molecular complexity index is 1340. The number of anilines is 1. The molecule has 0 saturated heterocycles. The highest BCUT2D eigenvalue weighted by atomic mass is 35.5. The van der Waals surface area contributed by atoms with E-state index in [2.05, 4.69) is 15.4 Å². The molecule has 0 radical (unpaired) electrons. The molecule has 0 bridgehead atoms. The van der Waals surface area contributed by atoms with Gasteiger partial charge in [-0.1, -0.05) is 17.7 Å². The maximum atomic E-state index is 13.4. The maximum Gasteiger partial charge on any atom is 0.351 e. The largest absolute Gasteiger partial charge is 0.495 e. The summed E-state index contributed by atoms with van der Waals surface area (Å²) in [5, 5.41) is 7.10. The molecule has 0 aliphatic heterocycles. The second kappa shape index (κ2) is 8.44. The lowest BCUT2D eigenvalue weighted by atomic mass is 10.3. The number of halogens is 2. The van der Waals surface area contributed by atoms with Gasteiger partial charge in [0.2, 0.25) is 11.6 Å². The third-order valence-electron chi connectivity index (χ3n) is 4.21. The predicted molar refractivity (Wildman–Crippen MR) is 110 cm³/mol. The van der Waals surface area contributed by atoms with Crippen molar-refractivity contribution in [2.75, 3.05) is 12.4 Å². The van der Waals surface area contributed by atoms with Gasteiger partial charge >= 0.3 is 5.69 Å². The van der Waals surface area contributed by atoms with Gasteiger partial charge in [-0.15, -0.1) is 5.10 Å². The fourth-order valence-corrected chi connectivity index (χ4v) is 3.08. The number of carbonyl (C=O) groups is 1. The van der Waals surface area contributed by atoms with Gasteiger partial charge in [-0.2, -0.15) is 0 Å². The van der Waals surface area contributed by atoms with E-state index < -0.39 is 17.4 Å². The van der Waals surface area contributed by atoms with Gasteiger partial charge in [0.1, 0.15) is 23.9 Å². The summed E-state index contributed by atoms with van der Waals surface area (Å²) in [5.74, 6) is -0.326. The Morgan fingerprint density at radius 2 is 2.10 bits per heavy atom. The SMILES string of the molecule is COc1ccc(NC(=O)Cn2nc3c(Oc4cccc(F)c4)nccn3c2=O)cc1Cl. The number of aromatic nitrogens is 4. The number of hydrogen-bond donors (Lipinski definition) is 1. The molecule has 0 fully saturated rings. The first kappa shape index (κ1) is 20.4. The minimum atomic E-state index is -0.565. The molecule has 0 aliphatic rings. The van der Waals surface area contributed by atoms with E-state index in [9.17, 15) is 14.0 Å². The molecule has 31 heavy (non-hydrogen) atoms. The normalized spacial score (nSPS) is 10.8. The van der Waals surface area contributed by atoms with Crippen LogP contribution in [-0.2, 0) is 11.3 Å². The molecular formula is C20H15ClFN5O4. The standard InChI is InChI=1S/C20H15ClFN5O4/c1-30-16-6-5-13(10-15(16)21)24-17(28)11-27-20(29)26-8-7-23-19(18(26)25-27)31-14-4-2-3-12(22)9-14/h2-10H,11H2,1H3,(H,24,28). The fourth-order valence-electron chi connectivity index (χ4n) is 2.82.